The number of hydrogen-bond donors (Lipinski definition) is 1. The fourth-order valence-corrected chi connectivity index (χ4v) is 1.49. The summed E-state index contributed by atoms with van der Waals surface area (Å²) in [5, 5.41) is 24.5. The van der Waals surface area contributed by atoms with Crippen molar-refractivity contribution < 1.29 is 10.0 Å². The highest BCUT2D eigenvalue weighted by atomic mass is 16.6. The van der Waals surface area contributed by atoms with Crippen molar-refractivity contribution in [3.8, 4) is 17.0 Å². The Hall–Kier alpha value is -2.37. The van der Waals surface area contributed by atoms with Crippen molar-refractivity contribution in [3.05, 3.63) is 40.6 Å². The van der Waals surface area contributed by atoms with Gasteiger partial charge in [-0.2, -0.15) is 5.10 Å². The number of phenolic OH excluding ortho intramolecular Hbond substituents is 1. The largest absolute Gasteiger partial charge is 0.507 e. The van der Waals surface area contributed by atoms with Gasteiger partial charge in [-0.25, -0.2) is 0 Å². The lowest BCUT2D eigenvalue weighted by Gasteiger charge is -2.01. The molecule has 0 spiro atoms. The van der Waals surface area contributed by atoms with Crippen molar-refractivity contribution >= 4 is 5.69 Å². The summed E-state index contributed by atoms with van der Waals surface area (Å²) in [6.45, 7) is 0. The molecule has 0 bridgehead atoms. The standard InChI is InChI=1S/C10H9N3O3/c1-12-6-5-7(11-12)10-8(13(15)16)3-2-4-9(10)14/h2-6,14H,1H3. The van der Waals surface area contributed by atoms with Gasteiger partial charge >= 0.3 is 0 Å². The molecule has 82 valence electrons. The molecule has 0 radical (unpaired) electrons. The number of nitro benzene ring substituents is 1. The molecule has 0 atom stereocenters. The number of hydrogen-bond acceptors (Lipinski definition) is 4. The average Bonchev–Trinajstić information content (AvgIpc) is 2.64. The lowest BCUT2D eigenvalue weighted by molar-refractivity contribution is -0.384. The SMILES string of the molecule is Cn1ccc(-c2c(O)cccc2[N+](=O)[O-])n1. The molecule has 1 N–H and O–H groups in total. The normalized spacial score (nSPS) is 10.3. The van der Waals surface area contributed by atoms with Crippen molar-refractivity contribution in [2.45, 2.75) is 0 Å². The summed E-state index contributed by atoms with van der Waals surface area (Å²) in [6.07, 6.45) is 1.66. The Labute approximate surface area is 90.9 Å². The molecule has 0 aliphatic rings. The molecule has 2 aromatic rings. The highest BCUT2D eigenvalue weighted by Crippen LogP contribution is 2.35. The van der Waals surface area contributed by atoms with Crippen LogP contribution in [0.2, 0.25) is 0 Å². The predicted octanol–water partition coefficient (Wildman–Crippen LogP) is 1.70. The van der Waals surface area contributed by atoms with Crippen LogP contribution in [-0.4, -0.2) is 19.8 Å². The Morgan fingerprint density at radius 3 is 2.75 bits per heavy atom. The summed E-state index contributed by atoms with van der Waals surface area (Å²) in [5.74, 6) is -0.145. The van der Waals surface area contributed by atoms with Crippen molar-refractivity contribution in [1.82, 2.24) is 9.78 Å². The van der Waals surface area contributed by atoms with Gasteiger partial charge in [-0.15, -0.1) is 0 Å². The quantitative estimate of drug-likeness (QED) is 0.615. The van der Waals surface area contributed by atoms with Crippen LogP contribution in [0.25, 0.3) is 11.3 Å². The Bertz CT molecular complexity index is 548. The molecule has 0 amide bonds. The molecule has 0 unspecified atom stereocenters. The smallest absolute Gasteiger partial charge is 0.282 e. The van der Waals surface area contributed by atoms with E-state index in [-0.39, 0.29) is 17.0 Å². The van der Waals surface area contributed by atoms with Gasteiger partial charge in [0.05, 0.1) is 4.92 Å². The first-order valence-electron chi connectivity index (χ1n) is 4.56. The Balaban J connectivity index is 2.67. The summed E-state index contributed by atoms with van der Waals surface area (Å²) in [4.78, 5) is 10.3. The van der Waals surface area contributed by atoms with E-state index in [1.807, 2.05) is 0 Å². The summed E-state index contributed by atoms with van der Waals surface area (Å²) < 4.78 is 1.52. The van der Waals surface area contributed by atoms with Gasteiger partial charge in [-0.1, -0.05) is 6.07 Å². The van der Waals surface area contributed by atoms with Crippen LogP contribution < -0.4 is 0 Å². The zero-order valence-corrected chi connectivity index (χ0v) is 8.49. The van der Waals surface area contributed by atoms with Crippen LogP contribution in [0.4, 0.5) is 5.69 Å². The first-order valence-corrected chi connectivity index (χ1v) is 4.56. The first-order chi connectivity index (χ1) is 7.59. The number of aromatic nitrogens is 2. The van der Waals surface area contributed by atoms with E-state index in [0.717, 1.165) is 0 Å². The molecule has 1 aromatic carbocycles. The van der Waals surface area contributed by atoms with Crippen LogP contribution in [0.15, 0.2) is 30.5 Å². The molecule has 6 heteroatoms. The average molecular weight is 219 g/mol. The summed E-state index contributed by atoms with van der Waals surface area (Å²) in [6, 6.07) is 5.78. The zero-order valence-electron chi connectivity index (χ0n) is 8.49. The van der Waals surface area contributed by atoms with Gasteiger partial charge in [0.15, 0.2) is 0 Å². The lowest BCUT2D eigenvalue weighted by atomic mass is 10.1. The van der Waals surface area contributed by atoms with Crippen LogP contribution in [-0.2, 0) is 7.05 Å². The van der Waals surface area contributed by atoms with Crippen molar-refractivity contribution in [3.63, 3.8) is 0 Å². The van der Waals surface area contributed by atoms with Gasteiger partial charge in [0.1, 0.15) is 17.0 Å². The molecule has 6 nitrogen and oxygen atoms in total. The summed E-state index contributed by atoms with van der Waals surface area (Å²) >= 11 is 0. The van der Waals surface area contributed by atoms with Crippen molar-refractivity contribution in [2.24, 2.45) is 7.05 Å². The first kappa shape index (κ1) is 10.2. The second-order valence-electron chi connectivity index (χ2n) is 3.30. The molecule has 0 aliphatic heterocycles. The number of benzene rings is 1. The van der Waals surface area contributed by atoms with E-state index in [1.54, 1.807) is 19.3 Å². The molecule has 1 aromatic heterocycles. The van der Waals surface area contributed by atoms with Gasteiger partial charge in [-0.3, -0.25) is 14.8 Å². The third-order valence-corrected chi connectivity index (χ3v) is 2.19. The molecule has 0 aliphatic carbocycles. The summed E-state index contributed by atoms with van der Waals surface area (Å²) in [7, 11) is 1.70. The maximum atomic E-state index is 10.8. The van der Waals surface area contributed by atoms with E-state index in [4.69, 9.17) is 0 Å². The number of aryl methyl sites for hydroxylation is 1. The number of nitrogens with zero attached hydrogens (tertiary/aromatic N) is 3. The molecule has 1 heterocycles. The zero-order chi connectivity index (χ0) is 11.7. The Morgan fingerprint density at radius 1 is 1.44 bits per heavy atom. The number of aromatic hydroxyl groups is 1. The minimum Gasteiger partial charge on any atom is -0.507 e. The lowest BCUT2D eigenvalue weighted by Crippen LogP contribution is -1.94. The van der Waals surface area contributed by atoms with Crippen LogP contribution >= 0.6 is 0 Å². The maximum Gasteiger partial charge on any atom is 0.282 e. The van der Waals surface area contributed by atoms with Crippen LogP contribution in [0.1, 0.15) is 0 Å². The minimum atomic E-state index is -0.538. The van der Waals surface area contributed by atoms with Crippen LogP contribution in [0.3, 0.4) is 0 Å². The van der Waals surface area contributed by atoms with Crippen LogP contribution in [0.5, 0.6) is 5.75 Å². The molecule has 16 heavy (non-hydrogen) atoms. The van der Waals surface area contributed by atoms with E-state index < -0.39 is 4.92 Å². The monoisotopic (exact) mass is 219 g/mol. The summed E-state index contributed by atoms with van der Waals surface area (Å²) in [5.41, 5.74) is 0.374. The van der Waals surface area contributed by atoms with Gasteiger partial charge in [0, 0.05) is 19.3 Å². The number of nitro groups is 1. The third-order valence-electron chi connectivity index (χ3n) is 2.19. The van der Waals surface area contributed by atoms with E-state index in [1.165, 1.54) is 22.9 Å². The second-order valence-corrected chi connectivity index (χ2v) is 3.30. The van der Waals surface area contributed by atoms with E-state index >= 15 is 0 Å². The minimum absolute atomic E-state index is 0.145. The number of phenols is 1. The highest BCUT2D eigenvalue weighted by Gasteiger charge is 2.20. The molecular formula is C10H9N3O3. The van der Waals surface area contributed by atoms with Crippen molar-refractivity contribution in [2.75, 3.05) is 0 Å². The van der Waals surface area contributed by atoms with Gasteiger partial charge in [0.25, 0.3) is 5.69 Å². The topological polar surface area (TPSA) is 81.2 Å². The molecule has 0 saturated heterocycles. The molecule has 0 saturated carbocycles. The molecule has 0 fully saturated rings. The highest BCUT2D eigenvalue weighted by molar-refractivity contribution is 5.76. The number of rotatable bonds is 2. The Kier molecular flexibility index (Phi) is 2.32. The maximum absolute atomic E-state index is 10.8. The van der Waals surface area contributed by atoms with E-state index in [0.29, 0.717) is 5.69 Å². The van der Waals surface area contributed by atoms with Gasteiger partial charge < -0.3 is 5.11 Å². The van der Waals surface area contributed by atoms with Crippen LogP contribution in [0, 0.1) is 10.1 Å². The van der Waals surface area contributed by atoms with Crippen molar-refractivity contribution in [1.29, 1.82) is 0 Å². The second kappa shape index (κ2) is 3.65. The fraction of sp³-hybridized carbons (Fsp3) is 0.100. The fourth-order valence-electron chi connectivity index (χ4n) is 1.49. The van der Waals surface area contributed by atoms with E-state index in [9.17, 15) is 15.2 Å². The van der Waals surface area contributed by atoms with Gasteiger partial charge in [-0.05, 0) is 12.1 Å². The Morgan fingerprint density at radius 2 is 2.19 bits per heavy atom. The molecular weight excluding hydrogens is 210 g/mol. The third kappa shape index (κ3) is 1.60. The predicted molar refractivity (Wildman–Crippen MR) is 57.0 cm³/mol. The molecule has 2 rings (SSSR count). The van der Waals surface area contributed by atoms with Gasteiger partial charge in [0.2, 0.25) is 0 Å². The van der Waals surface area contributed by atoms with E-state index in [2.05, 4.69) is 5.10 Å².